The van der Waals surface area contributed by atoms with Crippen molar-refractivity contribution in [3.63, 3.8) is 0 Å². The van der Waals surface area contributed by atoms with Crippen LogP contribution in [0.3, 0.4) is 0 Å². The monoisotopic (exact) mass is 440 g/mol. The van der Waals surface area contributed by atoms with Crippen LogP contribution in [0.1, 0.15) is 18.9 Å². The number of carbonyl (C=O) groups excluding carboxylic acids is 2. The van der Waals surface area contributed by atoms with Crippen molar-refractivity contribution in [2.24, 2.45) is 5.41 Å². The Balaban J connectivity index is 1.40. The first-order valence-corrected chi connectivity index (χ1v) is 10.5. The lowest BCUT2D eigenvalue weighted by atomic mass is 9.84. The Morgan fingerprint density at radius 3 is 2.19 bits per heavy atom. The average Bonchev–Trinajstić information content (AvgIpc) is 2.78. The summed E-state index contributed by atoms with van der Waals surface area (Å²) < 4.78 is 26.9. The lowest BCUT2D eigenvalue weighted by Crippen LogP contribution is -2.46. The normalized spacial score (nSPS) is 14.0. The Kier molecular flexibility index (Phi) is 8.27. The number of benzene rings is 2. The standard InChI is InChI=1S/C25H28O7/c1-3-23(26)30-14-13-29-20-9-11-22(12-10-20)32-24(27)15-19-5-7-21(8-6-19)31-18-25(4-2)16-28-17-25/h3,5-12H,1,4,13-18H2,2H3. The first kappa shape index (κ1) is 23.3. The molecule has 1 aliphatic heterocycles. The molecule has 170 valence electrons. The summed E-state index contributed by atoms with van der Waals surface area (Å²) in [6.45, 7) is 7.91. The van der Waals surface area contributed by atoms with E-state index in [2.05, 4.69) is 13.5 Å². The van der Waals surface area contributed by atoms with E-state index in [1.165, 1.54) is 0 Å². The number of hydrogen-bond donors (Lipinski definition) is 0. The van der Waals surface area contributed by atoms with Crippen LogP contribution in [0.4, 0.5) is 0 Å². The molecule has 0 N–H and O–H groups in total. The highest BCUT2D eigenvalue weighted by molar-refractivity contribution is 5.81. The van der Waals surface area contributed by atoms with Gasteiger partial charge in [0.25, 0.3) is 0 Å². The van der Waals surface area contributed by atoms with Gasteiger partial charge in [-0.15, -0.1) is 0 Å². The maximum atomic E-state index is 12.2. The Morgan fingerprint density at radius 2 is 1.59 bits per heavy atom. The summed E-state index contributed by atoms with van der Waals surface area (Å²) in [6, 6.07) is 14.1. The van der Waals surface area contributed by atoms with Gasteiger partial charge in [0.1, 0.15) is 30.5 Å². The zero-order valence-corrected chi connectivity index (χ0v) is 18.2. The van der Waals surface area contributed by atoms with Crippen molar-refractivity contribution < 1.29 is 33.3 Å². The van der Waals surface area contributed by atoms with Crippen LogP contribution in [0.15, 0.2) is 61.2 Å². The Hall–Kier alpha value is -3.32. The summed E-state index contributed by atoms with van der Waals surface area (Å²) in [4.78, 5) is 23.2. The van der Waals surface area contributed by atoms with E-state index >= 15 is 0 Å². The molecule has 3 rings (SSSR count). The smallest absolute Gasteiger partial charge is 0.330 e. The van der Waals surface area contributed by atoms with Crippen LogP contribution < -0.4 is 14.2 Å². The predicted octanol–water partition coefficient (Wildman–Crippen LogP) is 3.75. The largest absolute Gasteiger partial charge is 0.493 e. The highest BCUT2D eigenvalue weighted by Crippen LogP contribution is 2.32. The molecule has 1 fully saturated rings. The second-order valence-corrected chi connectivity index (χ2v) is 7.62. The SMILES string of the molecule is C=CC(=O)OCCOc1ccc(OC(=O)Cc2ccc(OCC3(CC)COC3)cc2)cc1. The molecular weight excluding hydrogens is 412 g/mol. The van der Waals surface area contributed by atoms with Gasteiger partial charge in [0.05, 0.1) is 31.7 Å². The second kappa shape index (κ2) is 11.3. The van der Waals surface area contributed by atoms with Crippen LogP contribution in [0.25, 0.3) is 0 Å². The predicted molar refractivity (Wildman–Crippen MR) is 118 cm³/mol. The lowest BCUT2D eigenvalue weighted by Gasteiger charge is -2.40. The summed E-state index contributed by atoms with van der Waals surface area (Å²) in [5.41, 5.74) is 0.968. The highest BCUT2D eigenvalue weighted by Gasteiger charge is 2.37. The number of hydrogen-bond acceptors (Lipinski definition) is 7. The van der Waals surface area contributed by atoms with Crippen LogP contribution >= 0.6 is 0 Å². The maximum Gasteiger partial charge on any atom is 0.330 e. The van der Waals surface area contributed by atoms with Crippen molar-refractivity contribution in [2.75, 3.05) is 33.0 Å². The van der Waals surface area contributed by atoms with Crippen LogP contribution in [-0.2, 0) is 25.5 Å². The third-order valence-electron chi connectivity index (χ3n) is 5.20. The fourth-order valence-corrected chi connectivity index (χ4v) is 3.02. The van der Waals surface area contributed by atoms with Crippen LogP contribution in [0.2, 0.25) is 0 Å². The molecule has 0 aromatic heterocycles. The van der Waals surface area contributed by atoms with E-state index in [0.717, 1.165) is 37.0 Å². The minimum Gasteiger partial charge on any atom is -0.493 e. The van der Waals surface area contributed by atoms with Gasteiger partial charge in [-0.25, -0.2) is 4.79 Å². The van der Waals surface area contributed by atoms with Crippen molar-refractivity contribution in [1.29, 1.82) is 0 Å². The summed E-state index contributed by atoms with van der Waals surface area (Å²) in [5.74, 6) is 0.921. The van der Waals surface area contributed by atoms with Crippen LogP contribution in [0, 0.1) is 5.41 Å². The lowest BCUT2D eigenvalue weighted by molar-refractivity contribution is -0.138. The molecule has 1 heterocycles. The molecule has 0 radical (unpaired) electrons. The van der Waals surface area contributed by atoms with E-state index in [0.29, 0.717) is 18.1 Å². The fourth-order valence-electron chi connectivity index (χ4n) is 3.02. The summed E-state index contributed by atoms with van der Waals surface area (Å²) in [6.07, 6.45) is 2.27. The minimum absolute atomic E-state index is 0.124. The zero-order valence-electron chi connectivity index (χ0n) is 18.2. The highest BCUT2D eigenvalue weighted by atomic mass is 16.6. The molecule has 0 saturated carbocycles. The Morgan fingerprint density at radius 1 is 0.969 bits per heavy atom. The van der Waals surface area contributed by atoms with Gasteiger partial charge in [-0.2, -0.15) is 0 Å². The minimum atomic E-state index is -0.494. The van der Waals surface area contributed by atoms with Crippen molar-refractivity contribution in [3.05, 3.63) is 66.7 Å². The van der Waals surface area contributed by atoms with Gasteiger partial charge in [-0.3, -0.25) is 4.79 Å². The first-order chi connectivity index (χ1) is 15.5. The number of rotatable bonds is 12. The zero-order chi connectivity index (χ0) is 22.8. The Labute approximate surface area is 187 Å². The summed E-state index contributed by atoms with van der Waals surface area (Å²) in [7, 11) is 0. The molecule has 0 atom stereocenters. The van der Waals surface area contributed by atoms with Gasteiger partial charge >= 0.3 is 11.9 Å². The Bertz CT molecular complexity index is 893. The van der Waals surface area contributed by atoms with Gasteiger partial charge in [-0.1, -0.05) is 25.6 Å². The van der Waals surface area contributed by atoms with Crippen LogP contribution in [-0.4, -0.2) is 45.0 Å². The van der Waals surface area contributed by atoms with Crippen molar-refractivity contribution >= 4 is 11.9 Å². The van der Waals surface area contributed by atoms with Crippen molar-refractivity contribution in [3.8, 4) is 17.2 Å². The molecule has 0 spiro atoms. The number of carbonyl (C=O) groups is 2. The van der Waals surface area contributed by atoms with Gasteiger partial charge in [-0.05, 0) is 48.4 Å². The van der Waals surface area contributed by atoms with Gasteiger partial charge in [0.2, 0.25) is 0 Å². The van der Waals surface area contributed by atoms with E-state index in [-0.39, 0.29) is 31.0 Å². The average molecular weight is 440 g/mol. The quantitative estimate of drug-likeness (QED) is 0.215. The number of esters is 2. The van der Waals surface area contributed by atoms with Crippen molar-refractivity contribution in [2.45, 2.75) is 19.8 Å². The third kappa shape index (κ3) is 6.85. The van der Waals surface area contributed by atoms with Gasteiger partial charge in [0, 0.05) is 6.08 Å². The number of ether oxygens (including phenoxy) is 5. The van der Waals surface area contributed by atoms with E-state index in [1.807, 2.05) is 24.3 Å². The topological polar surface area (TPSA) is 80.3 Å². The molecule has 7 nitrogen and oxygen atoms in total. The molecule has 1 aliphatic rings. The molecule has 2 aromatic carbocycles. The molecule has 1 saturated heterocycles. The van der Waals surface area contributed by atoms with E-state index in [9.17, 15) is 9.59 Å². The first-order valence-electron chi connectivity index (χ1n) is 10.5. The fraction of sp³-hybridized carbons (Fsp3) is 0.360. The third-order valence-corrected chi connectivity index (χ3v) is 5.20. The maximum absolute atomic E-state index is 12.2. The second-order valence-electron chi connectivity index (χ2n) is 7.62. The summed E-state index contributed by atoms with van der Waals surface area (Å²) in [5, 5.41) is 0. The molecular formula is C25H28O7. The van der Waals surface area contributed by atoms with E-state index in [1.54, 1.807) is 24.3 Å². The van der Waals surface area contributed by atoms with Crippen molar-refractivity contribution in [1.82, 2.24) is 0 Å². The van der Waals surface area contributed by atoms with Crippen LogP contribution in [0.5, 0.6) is 17.2 Å². The molecule has 0 amide bonds. The molecule has 32 heavy (non-hydrogen) atoms. The summed E-state index contributed by atoms with van der Waals surface area (Å²) >= 11 is 0. The molecule has 0 unspecified atom stereocenters. The molecule has 0 aliphatic carbocycles. The van der Waals surface area contributed by atoms with E-state index in [4.69, 9.17) is 23.7 Å². The molecule has 2 aromatic rings. The van der Waals surface area contributed by atoms with E-state index < -0.39 is 5.97 Å². The molecule has 0 bridgehead atoms. The van der Waals surface area contributed by atoms with Gasteiger partial charge in [0.15, 0.2) is 0 Å². The molecule has 7 heteroatoms. The van der Waals surface area contributed by atoms with Gasteiger partial charge < -0.3 is 23.7 Å².